The second-order valence-electron chi connectivity index (χ2n) is 5.55. The molecule has 0 aliphatic carbocycles. The van der Waals surface area contributed by atoms with Crippen molar-refractivity contribution in [2.75, 3.05) is 18.5 Å². The summed E-state index contributed by atoms with van der Waals surface area (Å²) in [5, 5.41) is 11.6. The van der Waals surface area contributed by atoms with E-state index in [4.69, 9.17) is 26.2 Å². The summed E-state index contributed by atoms with van der Waals surface area (Å²) < 4.78 is 10.6. The molecule has 0 aliphatic rings. The first kappa shape index (κ1) is 19.6. The summed E-state index contributed by atoms with van der Waals surface area (Å²) in [4.78, 5) is 22.7. The van der Waals surface area contributed by atoms with Crippen LogP contribution >= 0.6 is 11.6 Å². The average molecular weight is 378 g/mol. The molecule has 2 rings (SSSR count). The van der Waals surface area contributed by atoms with Gasteiger partial charge < -0.3 is 19.9 Å². The summed E-state index contributed by atoms with van der Waals surface area (Å²) in [7, 11) is 0. The third-order valence-corrected chi connectivity index (χ3v) is 3.60. The Morgan fingerprint density at radius 1 is 1.15 bits per heavy atom. The number of carbonyl (C=O) groups excluding carboxylic acids is 1. The van der Waals surface area contributed by atoms with Crippen LogP contribution in [0, 0.1) is 0 Å². The van der Waals surface area contributed by atoms with Gasteiger partial charge in [0.1, 0.15) is 11.5 Å². The zero-order valence-electron chi connectivity index (χ0n) is 14.3. The molecule has 0 radical (unpaired) electrons. The number of ether oxygens (including phenoxy) is 2. The largest absolute Gasteiger partial charge is 0.494 e. The highest BCUT2D eigenvalue weighted by Gasteiger charge is 2.09. The molecule has 7 heteroatoms. The summed E-state index contributed by atoms with van der Waals surface area (Å²) in [5.41, 5.74) is 1.34. The summed E-state index contributed by atoms with van der Waals surface area (Å²) in [5.74, 6) is -0.315. The van der Waals surface area contributed by atoms with Crippen LogP contribution in [0.1, 0.15) is 18.9 Å². The Hall–Kier alpha value is -2.73. The molecule has 0 heterocycles. The number of anilines is 1. The van der Waals surface area contributed by atoms with E-state index in [0.29, 0.717) is 12.3 Å². The molecule has 138 valence electrons. The second-order valence-corrected chi connectivity index (χ2v) is 5.96. The summed E-state index contributed by atoms with van der Waals surface area (Å²) in [6.07, 6.45) is 1.11. The predicted octanol–water partition coefficient (Wildman–Crippen LogP) is 3.77. The van der Waals surface area contributed by atoms with Crippen LogP contribution in [0.4, 0.5) is 5.69 Å². The maximum absolute atomic E-state index is 12.2. The molecule has 0 spiro atoms. The Bertz CT molecular complexity index is 778. The van der Waals surface area contributed by atoms with Gasteiger partial charge in [0, 0.05) is 5.69 Å². The lowest BCUT2D eigenvalue weighted by Gasteiger charge is -2.10. The topological polar surface area (TPSA) is 84.9 Å². The second kappa shape index (κ2) is 9.68. The van der Waals surface area contributed by atoms with Crippen LogP contribution in [0.3, 0.4) is 0 Å². The maximum Gasteiger partial charge on any atom is 0.341 e. The highest BCUT2D eigenvalue weighted by atomic mass is 35.5. The number of nitrogens with one attached hydrogen (secondary N) is 1. The number of rotatable bonds is 9. The van der Waals surface area contributed by atoms with Gasteiger partial charge in [0.25, 0.3) is 0 Å². The Kier molecular flexibility index (Phi) is 7.29. The van der Waals surface area contributed by atoms with E-state index in [9.17, 15) is 9.59 Å². The van der Waals surface area contributed by atoms with Crippen LogP contribution < -0.4 is 14.8 Å². The van der Waals surface area contributed by atoms with Gasteiger partial charge in [0.15, 0.2) is 6.61 Å². The molecule has 2 aromatic rings. The van der Waals surface area contributed by atoms with Gasteiger partial charge in [0.05, 0.1) is 18.1 Å². The number of carboxylic acid groups (broad SMARTS) is 1. The van der Waals surface area contributed by atoms with Gasteiger partial charge in [-0.25, -0.2) is 4.79 Å². The molecular formula is C19H20ClNO5. The van der Waals surface area contributed by atoms with Crippen LogP contribution in [0.25, 0.3) is 0 Å². The van der Waals surface area contributed by atoms with Gasteiger partial charge in [-0.05, 0) is 42.3 Å². The molecule has 2 N–H and O–H groups in total. The van der Waals surface area contributed by atoms with E-state index in [1.54, 1.807) is 6.07 Å². The van der Waals surface area contributed by atoms with Crippen molar-refractivity contribution in [3.63, 3.8) is 0 Å². The van der Waals surface area contributed by atoms with E-state index >= 15 is 0 Å². The molecule has 0 saturated heterocycles. The first-order valence-electron chi connectivity index (χ1n) is 8.13. The van der Waals surface area contributed by atoms with E-state index < -0.39 is 12.6 Å². The summed E-state index contributed by atoms with van der Waals surface area (Å²) in [6, 6.07) is 12.0. The molecule has 1 amide bonds. The quantitative estimate of drug-likeness (QED) is 0.694. The number of halogens is 1. The monoisotopic (exact) mass is 377 g/mol. The number of carbonyl (C=O) groups is 2. The third kappa shape index (κ3) is 6.29. The lowest BCUT2D eigenvalue weighted by molar-refractivity contribution is -0.139. The zero-order valence-corrected chi connectivity index (χ0v) is 15.1. The SMILES string of the molecule is CCCOc1cccc(CC(=O)Nc2ccc(OCC(=O)O)c(Cl)c2)c1. The van der Waals surface area contributed by atoms with Crippen molar-refractivity contribution in [2.45, 2.75) is 19.8 Å². The van der Waals surface area contributed by atoms with Gasteiger partial charge in [-0.3, -0.25) is 4.79 Å². The lowest BCUT2D eigenvalue weighted by Crippen LogP contribution is -2.14. The molecule has 0 aliphatic heterocycles. The summed E-state index contributed by atoms with van der Waals surface area (Å²) >= 11 is 6.04. The minimum Gasteiger partial charge on any atom is -0.494 e. The third-order valence-electron chi connectivity index (χ3n) is 3.30. The smallest absolute Gasteiger partial charge is 0.341 e. The molecule has 2 aromatic carbocycles. The van der Waals surface area contributed by atoms with E-state index in [0.717, 1.165) is 17.7 Å². The van der Waals surface area contributed by atoms with Gasteiger partial charge in [-0.15, -0.1) is 0 Å². The molecule has 0 aromatic heterocycles. The van der Waals surface area contributed by atoms with Crippen molar-refractivity contribution in [3.05, 3.63) is 53.1 Å². The number of benzene rings is 2. The standard InChI is InChI=1S/C19H20ClNO5/c1-2-8-25-15-5-3-4-13(9-15)10-18(22)21-14-6-7-17(16(20)11-14)26-12-19(23)24/h3-7,9,11H,2,8,10,12H2,1H3,(H,21,22)(H,23,24). The van der Waals surface area contributed by atoms with Gasteiger partial charge in [0.2, 0.25) is 5.91 Å². The highest BCUT2D eigenvalue weighted by Crippen LogP contribution is 2.27. The minimum atomic E-state index is -1.09. The number of aliphatic carboxylic acids is 1. The molecular weight excluding hydrogens is 358 g/mol. The molecule has 26 heavy (non-hydrogen) atoms. The molecule has 6 nitrogen and oxygen atoms in total. The Balaban J connectivity index is 1.95. The fourth-order valence-electron chi connectivity index (χ4n) is 2.19. The van der Waals surface area contributed by atoms with E-state index in [1.165, 1.54) is 12.1 Å². The van der Waals surface area contributed by atoms with Gasteiger partial charge >= 0.3 is 5.97 Å². The average Bonchev–Trinajstić information content (AvgIpc) is 2.59. The van der Waals surface area contributed by atoms with Gasteiger partial charge in [-0.1, -0.05) is 30.7 Å². The Morgan fingerprint density at radius 3 is 2.65 bits per heavy atom. The van der Waals surface area contributed by atoms with Crippen molar-refractivity contribution >= 4 is 29.2 Å². The van der Waals surface area contributed by atoms with Crippen LogP contribution in [0.15, 0.2) is 42.5 Å². The number of hydrogen-bond acceptors (Lipinski definition) is 4. The van der Waals surface area contributed by atoms with Crippen LogP contribution in [-0.2, 0) is 16.0 Å². The van der Waals surface area contributed by atoms with Crippen molar-refractivity contribution in [1.82, 2.24) is 0 Å². The minimum absolute atomic E-state index is 0.193. The molecule has 0 saturated carbocycles. The van der Waals surface area contributed by atoms with Gasteiger partial charge in [-0.2, -0.15) is 0 Å². The number of amides is 1. The summed E-state index contributed by atoms with van der Waals surface area (Å²) in [6.45, 7) is 2.17. The molecule has 0 fully saturated rings. The fourth-order valence-corrected chi connectivity index (χ4v) is 2.43. The molecule has 0 bridgehead atoms. The number of hydrogen-bond donors (Lipinski definition) is 2. The van der Waals surface area contributed by atoms with E-state index in [1.807, 2.05) is 31.2 Å². The zero-order chi connectivity index (χ0) is 18.9. The van der Waals surface area contributed by atoms with E-state index in [2.05, 4.69) is 5.32 Å². The van der Waals surface area contributed by atoms with Crippen molar-refractivity contribution in [2.24, 2.45) is 0 Å². The van der Waals surface area contributed by atoms with Crippen molar-refractivity contribution < 1.29 is 24.2 Å². The van der Waals surface area contributed by atoms with Crippen LogP contribution in [0.5, 0.6) is 11.5 Å². The molecule has 0 atom stereocenters. The van der Waals surface area contributed by atoms with Crippen molar-refractivity contribution in [1.29, 1.82) is 0 Å². The number of carboxylic acids is 1. The fraction of sp³-hybridized carbons (Fsp3) is 0.263. The van der Waals surface area contributed by atoms with Crippen molar-refractivity contribution in [3.8, 4) is 11.5 Å². The first-order valence-corrected chi connectivity index (χ1v) is 8.51. The lowest BCUT2D eigenvalue weighted by atomic mass is 10.1. The molecule has 0 unspecified atom stereocenters. The van der Waals surface area contributed by atoms with Crippen LogP contribution in [-0.4, -0.2) is 30.2 Å². The highest BCUT2D eigenvalue weighted by molar-refractivity contribution is 6.32. The predicted molar refractivity (Wildman–Crippen MR) is 99.1 cm³/mol. The Morgan fingerprint density at radius 2 is 1.96 bits per heavy atom. The normalized spacial score (nSPS) is 10.2. The van der Waals surface area contributed by atoms with Crippen LogP contribution in [0.2, 0.25) is 5.02 Å². The van der Waals surface area contributed by atoms with E-state index in [-0.39, 0.29) is 23.1 Å². The first-order chi connectivity index (χ1) is 12.5. The maximum atomic E-state index is 12.2. The Labute approximate surface area is 156 Å².